The molecule has 7 nitrogen and oxygen atoms in total. The molecule has 0 bridgehead atoms. The quantitative estimate of drug-likeness (QED) is 0.640. The van der Waals surface area contributed by atoms with Crippen LogP contribution in [0, 0.1) is 10.1 Å². The Kier molecular flexibility index (Phi) is 5.49. The molecule has 0 aliphatic rings. The van der Waals surface area contributed by atoms with Gasteiger partial charge >= 0.3 is 0 Å². The third kappa shape index (κ3) is 4.08. The number of carbonyl (C=O) groups excluding carboxylic acids is 2. The van der Waals surface area contributed by atoms with E-state index in [-0.39, 0.29) is 22.2 Å². The molecule has 2 amide bonds. The van der Waals surface area contributed by atoms with E-state index in [0.29, 0.717) is 17.8 Å². The number of hydrogen-bond donors (Lipinski definition) is 2. The van der Waals surface area contributed by atoms with Crippen LogP contribution in [0.25, 0.3) is 0 Å². The number of halogens is 1. The molecule has 0 aliphatic heterocycles. The van der Waals surface area contributed by atoms with E-state index in [1.165, 1.54) is 18.2 Å². The second-order valence-corrected chi connectivity index (χ2v) is 5.22. The molecule has 0 unspecified atom stereocenters. The number of hydrogen-bond acceptors (Lipinski definition) is 4. The summed E-state index contributed by atoms with van der Waals surface area (Å²) in [5.74, 6) is -0.773. The summed E-state index contributed by atoms with van der Waals surface area (Å²) >= 11 is 5.93. The number of rotatable bonds is 5. The lowest BCUT2D eigenvalue weighted by atomic mass is 10.1. The minimum Gasteiger partial charge on any atom is -0.352 e. The summed E-state index contributed by atoms with van der Waals surface area (Å²) in [5.41, 5.74) is 0.725. The molecule has 0 aromatic heterocycles. The van der Waals surface area contributed by atoms with Crippen molar-refractivity contribution in [1.29, 1.82) is 0 Å². The summed E-state index contributed by atoms with van der Waals surface area (Å²) < 4.78 is 0. The summed E-state index contributed by atoms with van der Waals surface area (Å²) in [5, 5.41) is 15.9. The standard InChI is InChI=1S/C16H14ClN3O4/c1-2-18-15(21)10-4-3-5-11(8-10)19-16(22)13-7-6-12(20(23)24)9-14(13)17/h3-9H,2H2,1H3,(H,18,21)(H,19,22). The molecule has 2 rings (SSSR count). The van der Waals surface area contributed by atoms with Crippen LogP contribution in [0.3, 0.4) is 0 Å². The van der Waals surface area contributed by atoms with E-state index in [1.54, 1.807) is 25.1 Å². The molecule has 2 aromatic rings. The van der Waals surface area contributed by atoms with Gasteiger partial charge < -0.3 is 10.6 Å². The van der Waals surface area contributed by atoms with E-state index in [2.05, 4.69) is 10.6 Å². The Morgan fingerprint density at radius 1 is 1.17 bits per heavy atom. The van der Waals surface area contributed by atoms with E-state index in [1.807, 2.05) is 0 Å². The predicted molar refractivity (Wildman–Crippen MR) is 90.5 cm³/mol. The van der Waals surface area contributed by atoms with Gasteiger partial charge in [-0.1, -0.05) is 17.7 Å². The molecule has 8 heteroatoms. The topological polar surface area (TPSA) is 101 Å². The number of amides is 2. The zero-order valence-electron chi connectivity index (χ0n) is 12.7. The number of nitro benzene ring substituents is 1. The SMILES string of the molecule is CCNC(=O)c1cccc(NC(=O)c2ccc([N+](=O)[O-])cc2Cl)c1. The Morgan fingerprint density at radius 3 is 2.54 bits per heavy atom. The van der Waals surface area contributed by atoms with Crippen LogP contribution in [-0.4, -0.2) is 23.3 Å². The fraction of sp³-hybridized carbons (Fsp3) is 0.125. The van der Waals surface area contributed by atoms with Crippen molar-refractivity contribution in [2.75, 3.05) is 11.9 Å². The molecule has 0 saturated heterocycles. The van der Waals surface area contributed by atoms with Gasteiger partial charge in [0.1, 0.15) is 0 Å². The van der Waals surface area contributed by atoms with Crippen molar-refractivity contribution in [1.82, 2.24) is 5.32 Å². The maximum atomic E-state index is 12.3. The first kappa shape index (κ1) is 17.4. The van der Waals surface area contributed by atoms with Gasteiger partial charge in [0.05, 0.1) is 15.5 Å². The van der Waals surface area contributed by atoms with E-state index < -0.39 is 10.8 Å². The lowest BCUT2D eigenvalue weighted by Crippen LogP contribution is -2.22. The number of nitro groups is 1. The number of anilines is 1. The number of benzene rings is 2. The molecule has 0 fully saturated rings. The average molecular weight is 348 g/mol. The van der Waals surface area contributed by atoms with Crippen molar-refractivity contribution < 1.29 is 14.5 Å². The number of nitrogens with one attached hydrogen (secondary N) is 2. The van der Waals surface area contributed by atoms with Gasteiger partial charge in [-0.05, 0) is 31.2 Å². The van der Waals surface area contributed by atoms with Crippen LogP contribution in [0.1, 0.15) is 27.6 Å². The third-order valence-corrected chi connectivity index (χ3v) is 3.44. The highest BCUT2D eigenvalue weighted by Crippen LogP contribution is 2.23. The van der Waals surface area contributed by atoms with Crippen LogP contribution < -0.4 is 10.6 Å². The highest BCUT2D eigenvalue weighted by Gasteiger charge is 2.15. The van der Waals surface area contributed by atoms with Gasteiger partial charge in [0, 0.05) is 29.9 Å². The lowest BCUT2D eigenvalue weighted by molar-refractivity contribution is -0.384. The van der Waals surface area contributed by atoms with Gasteiger partial charge in [0.2, 0.25) is 0 Å². The lowest BCUT2D eigenvalue weighted by Gasteiger charge is -2.08. The maximum absolute atomic E-state index is 12.3. The van der Waals surface area contributed by atoms with Crippen molar-refractivity contribution >= 4 is 34.8 Å². The first-order valence-electron chi connectivity index (χ1n) is 7.06. The van der Waals surface area contributed by atoms with Crippen LogP contribution in [0.15, 0.2) is 42.5 Å². The van der Waals surface area contributed by atoms with Gasteiger partial charge in [-0.25, -0.2) is 0 Å². The predicted octanol–water partition coefficient (Wildman–Crippen LogP) is 3.25. The second kappa shape index (κ2) is 7.56. The van der Waals surface area contributed by atoms with E-state index >= 15 is 0 Å². The molecular weight excluding hydrogens is 334 g/mol. The van der Waals surface area contributed by atoms with Crippen molar-refractivity contribution in [3.05, 3.63) is 68.7 Å². The molecule has 0 aliphatic carbocycles. The molecule has 0 atom stereocenters. The zero-order valence-corrected chi connectivity index (χ0v) is 13.5. The van der Waals surface area contributed by atoms with Crippen LogP contribution in [0.2, 0.25) is 5.02 Å². The smallest absolute Gasteiger partial charge is 0.270 e. The summed E-state index contributed by atoms with van der Waals surface area (Å²) in [6, 6.07) is 10.0. The number of carbonyl (C=O) groups is 2. The summed E-state index contributed by atoms with van der Waals surface area (Å²) in [6.07, 6.45) is 0. The van der Waals surface area contributed by atoms with Gasteiger partial charge in [0.25, 0.3) is 17.5 Å². The molecular formula is C16H14ClN3O4. The highest BCUT2D eigenvalue weighted by molar-refractivity contribution is 6.34. The first-order chi connectivity index (χ1) is 11.4. The van der Waals surface area contributed by atoms with Crippen LogP contribution in [0.4, 0.5) is 11.4 Å². The molecule has 0 radical (unpaired) electrons. The van der Waals surface area contributed by atoms with Crippen LogP contribution in [0.5, 0.6) is 0 Å². The van der Waals surface area contributed by atoms with Gasteiger partial charge in [0.15, 0.2) is 0 Å². The largest absolute Gasteiger partial charge is 0.352 e. The Balaban J connectivity index is 2.19. The van der Waals surface area contributed by atoms with E-state index in [4.69, 9.17) is 11.6 Å². The fourth-order valence-corrected chi connectivity index (χ4v) is 2.26. The molecule has 124 valence electrons. The first-order valence-corrected chi connectivity index (χ1v) is 7.43. The van der Waals surface area contributed by atoms with Crippen LogP contribution in [-0.2, 0) is 0 Å². The van der Waals surface area contributed by atoms with E-state index in [0.717, 1.165) is 6.07 Å². The monoisotopic (exact) mass is 347 g/mol. The Hall–Kier alpha value is -2.93. The van der Waals surface area contributed by atoms with Crippen molar-refractivity contribution in [3.8, 4) is 0 Å². The minimum atomic E-state index is -0.594. The van der Waals surface area contributed by atoms with Crippen molar-refractivity contribution in [3.63, 3.8) is 0 Å². The molecule has 0 spiro atoms. The third-order valence-electron chi connectivity index (χ3n) is 3.13. The number of non-ortho nitro benzene ring substituents is 1. The Bertz CT molecular complexity index is 808. The Morgan fingerprint density at radius 2 is 1.92 bits per heavy atom. The zero-order chi connectivity index (χ0) is 17.7. The average Bonchev–Trinajstić information content (AvgIpc) is 2.55. The summed E-state index contributed by atoms with van der Waals surface area (Å²) in [4.78, 5) is 34.2. The van der Waals surface area contributed by atoms with Crippen molar-refractivity contribution in [2.45, 2.75) is 6.92 Å². The van der Waals surface area contributed by atoms with Gasteiger partial charge in [-0.2, -0.15) is 0 Å². The molecule has 0 saturated carbocycles. The highest BCUT2D eigenvalue weighted by atomic mass is 35.5. The molecule has 0 heterocycles. The minimum absolute atomic E-state index is 0.0263. The van der Waals surface area contributed by atoms with Gasteiger partial charge in [-0.3, -0.25) is 19.7 Å². The molecule has 2 aromatic carbocycles. The van der Waals surface area contributed by atoms with Gasteiger partial charge in [-0.15, -0.1) is 0 Å². The fourth-order valence-electron chi connectivity index (χ4n) is 2.00. The Labute approximate surface area is 142 Å². The van der Waals surface area contributed by atoms with Crippen molar-refractivity contribution in [2.24, 2.45) is 0 Å². The summed E-state index contributed by atoms with van der Waals surface area (Å²) in [6.45, 7) is 2.30. The molecule has 24 heavy (non-hydrogen) atoms. The normalized spacial score (nSPS) is 10.1. The van der Waals surface area contributed by atoms with Crippen LogP contribution >= 0.6 is 11.6 Å². The number of nitrogens with zero attached hydrogens (tertiary/aromatic N) is 1. The van der Waals surface area contributed by atoms with E-state index in [9.17, 15) is 19.7 Å². The molecule has 2 N–H and O–H groups in total. The maximum Gasteiger partial charge on any atom is 0.270 e. The second-order valence-electron chi connectivity index (χ2n) is 4.82. The summed E-state index contributed by atoms with van der Waals surface area (Å²) in [7, 11) is 0.